The van der Waals surface area contributed by atoms with Crippen LogP contribution in [0, 0.1) is 11.8 Å². The van der Waals surface area contributed by atoms with E-state index in [1.807, 2.05) is 7.05 Å². The van der Waals surface area contributed by atoms with E-state index in [4.69, 9.17) is 4.74 Å². The first-order chi connectivity index (χ1) is 8.19. The first kappa shape index (κ1) is 12.3. The molecule has 94 valence electrons. The third-order valence-corrected chi connectivity index (χ3v) is 4.00. The third-order valence-electron chi connectivity index (χ3n) is 4.00. The van der Waals surface area contributed by atoms with Gasteiger partial charge in [-0.25, -0.2) is 0 Å². The fourth-order valence-electron chi connectivity index (χ4n) is 2.50. The molecular formula is C15H23NO. The molecule has 0 saturated heterocycles. The van der Waals surface area contributed by atoms with Crippen molar-refractivity contribution in [1.29, 1.82) is 0 Å². The van der Waals surface area contributed by atoms with Crippen LogP contribution in [-0.4, -0.2) is 13.2 Å². The summed E-state index contributed by atoms with van der Waals surface area (Å²) in [4.78, 5) is 0. The first-order valence-corrected chi connectivity index (χ1v) is 6.63. The Balaban J connectivity index is 1.92. The average molecular weight is 233 g/mol. The Morgan fingerprint density at radius 2 is 1.76 bits per heavy atom. The molecule has 1 aromatic carbocycles. The van der Waals surface area contributed by atoms with E-state index >= 15 is 0 Å². The summed E-state index contributed by atoms with van der Waals surface area (Å²) in [7, 11) is 1.93. The number of benzene rings is 1. The van der Waals surface area contributed by atoms with E-state index in [-0.39, 0.29) is 0 Å². The molecular weight excluding hydrogens is 210 g/mol. The van der Waals surface area contributed by atoms with E-state index in [9.17, 15) is 0 Å². The van der Waals surface area contributed by atoms with Crippen molar-refractivity contribution >= 4 is 5.69 Å². The number of hydrogen-bond acceptors (Lipinski definition) is 2. The minimum atomic E-state index is 0.404. The van der Waals surface area contributed by atoms with Gasteiger partial charge >= 0.3 is 0 Å². The van der Waals surface area contributed by atoms with Gasteiger partial charge in [0.25, 0.3) is 0 Å². The summed E-state index contributed by atoms with van der Waals surface area (Å²) in [5, 5.41) is 3.12. The Morgan fingerprint density at radius 1 is 1.06 bits per heavy atom. The number of nitrogens with one attached hydrogen (secondary N) is 1. The lowest BCUT2D eigenvalue weighted by molar-refractivity contribution is 0.101. The molecule has 2 heteroatoms. The molecule has 0 aliphatic heterocycles. The van der Waals surface area contributed by atoms with Crippen molar-refractivity contribution in [2.45, 2.75) is 39.2 Å². The minimum Gasteiger partial charge on any atom is -0.490 e. The summed E-state index contributed by atoms with van der Waals surface area (Å²) in [5.74, 6) is 2.63. The second-order valence-electron chi connectivity index (χ2n) is 5.28. The van der Waals surface area contributed by atoms with Crippen molar-refractivity contribution in [3.05, 3.63) is 24.3 Å². The van der Waals surface area contributed by atoms with Crippen LogP contribution >= 0.6 is 0 Å². The smallest absolute Gasteiger partial charge is 0.119 e. The summed E-state index contributed by atoms with van der Waals surface area (Å²) >= 11 is 0. The van der Waals surface area contributed by atoms with Gasteiger partial charge in [0.1, 0.15) is 5.75 Å². The molecule has 0 radical (unpaired) electrons. The highest BCUT2D eigenvalue weighted by atomic mass is 16.5. The van der Waals surface area contributed by atoms with Crippen molar-refractivity contribution in [2.24, 2.45) is 11.8 Å². The normalized spacial score (nSPS) is 28.8. The van der Waals surface area contributed by atoms with Crippen LogP contribution in [0.5, 0.6) is 5.75 Å². The Labute approximate surface area is 104 Å². The van der Waals surface area contributed by atoms with Crippen molar-refractivity contribution < 1.29 is 4.74 Å². The van der Waals surface area contributed by atoms with Gasteiger partial charge in [-0.3, -0.25) is 0 Å². The molecule has 0 amide bonds. The maximum atomic E-state index is 6.05. The van der Waals surface area contributed by atoms with Crippen LogP contribution in [0.3, 0.4) is 0 Å². The molecule has 2 rings (SSSR count). The summed E-state index contributed by atoms with van der Waals surface area (Å²) in [6.45, 7) is 4.69. The van der Waals surface area contributed by atoms with Crippen molar-refractivity contribution in [3.8, 4) is 5.75 Å². The van der Waals surface area contributed by atoms with Crippen LogP contribution in [-0.2, 0) is 0 Å². The molecule has 3 unspecified atom stereocenters. The number of ether oxygens (including phenoxy) is 1. The molecule has 0 heterocycles. The summed E-state index contributed by atoms with van der Waals surface area (Å²) in [6.07, 6.45) is 4.08. The molecule has 0 aromatic heterocycles. The molecule has 1 saturated carbocycles. The topological polar surface area (TPSA) is 21.3 Å². The lowest BCUT2D eigenvalue weighted by Crippen LogP contribution is -2.28. The monoisotopic (exact) mass is 233 g/mol. The van der Waals surface area contributed by atoms with Gasteiger partial charge in [0.05, 0.1) is 6.10 Å². The molecule has 1 N–H and O–H groups in total. The van der Waals surface area contributed by atoms with E-state index in [0.29, 0.717) is 6.10 Å². The molecule has 3 atom stereocenters. The first-order valence-electron chi connectivity index (χ1n) is 6.63. The SMILES string of the molecule is CNc1ccc(OC2CCC(C)C(C)C2)cc1. The van der Waals surface area contributed by atoms with E-state index in [0.717, 1.165) is 23.3 Å². The van der Waals surface area contributed by atoms with Crippen LogP contribution in [0.4, 0.5) is 5.69 Å². The molecule has 1 aliphatic rings. The van der Waals surface area contributed by atoms with Gasteiger partial charge in [0, 0.05) is 12.7 Å². The second kappa shape index (κ2) is 5.44. The van der Waals surface area contributed by atoms with Gasteiger partial charge in [0.2, 0.25) is 0 Å². The highest BCUT2D eigenvalue weighted by Crippen LogP contribution is 2.31. The van der Waals surface area contributed by atoms with Gasteiger partial charge in [-0.15, -0.1) is 0 Å². The molecule has 0 spiro atoms. The predicted molar refractivity (Wildman–Crippen MR) is 72.6 cm³/mol. The van der Waals surface area contributed by atoms with Crippen molar-refractivity contribution in [1.82, 2.24) is 0 Å². The predicted octanol–water partition coefficient (Wildman–Crippen LogP) is 3.93. The minimum absolute atomic E-state index is 0.404. The standard InChI is InChI=1S/C15H23NO/c1-11-4-7-15(10-12(11)2)17-14-8-5-13(16-3)6-9-14/h5-6,8-9,11-12,15-16H,4,7,10H2,1-3H3. The van der Waals surface area contributed by atoms with E-state index in [1.54, 1.807) is 0 Å². The Kier molecular flexibility index (Phi) is 3.93. The van der Waals surface area contributed by atoms with Crippen molar-refractivity contribution in [3.63, 3.8) is 0 Å². The van der Waals surface area contributed by atoms with Crippen LogP contribution < -0.4 is 10.1 Å². The lowest BCUT2D eigenvalue weighted by Gasteiger charge is -2.32. The zero-order valence-electron chi connectivity index (χ0n) is 11.1. The number of anilines is 1. The van der Waals surface area contributed by atoms with Crippen molar-refractivity contribution in [2.75, 3.05) is 12.4 Å². The van der Waals surface area contributed by atoms with E-state index in [2.05, 4.69) is 43.4 Å². The van der Waals surface area contributed by atoms with Gasteiger partial charge in [-0.2, -0.15) is 0 Å². The number of hydrogen-bond donors (Lipinski definition) is 1. The highest BCUT2D eigenvalue weighted by molar-refractivity contribution is 5.45. The number of rotatable bonds is 3. The van der Waals surface area contributed by atoms with Gasteiger partial charge in [0.15, 0.2) is 0 Å². The lowest BCUT2D eigenvalue weighted by atomic mass is 9.80. The van der Waals surface area contributed by atoms with Gasteiger partial charge in [-0.1, -0.05) is 13.8 Å². The quantitative estimate of drug-likeness (QED) is 0.854. The Hall–Kier alpha value is -1.18. The fraction of sp³-hybridized carbons (Fsp3) is 0.600. The maximum absolute atomic E-state index is 6.05. The Bertz CT molecular complexity index is 346. The van der Waals surface area contributed by atoms with E-state index in [1.165, 1.54) is 19.3 Å². The molecule has 1 aromatic rings. The van der Waals surface area contributed by atoms with Crippen LogP contribution in [0.15, 0.2) is 24.3 Å². The molecule has 1 aliphatic carbocycles. The summed E-state index contributed by atoms with van der Waals surface area (Å²) in [5.41, 5.74) is 1.13. The summed E-state index contributed by atoms with van der Waals surface area (Å²) in [6, 6.07) is 8.22. The maximum Gasteiger partial charge on any atom is 0.119 e. The highest BCUT2D eigenvalue weighted by Gasteiger charge is 2.25. The fourth-order valence-corrected chi connectivity index (χ4v) is 2.50. The average Bonchev–Trinajstić information content (AvgIpc) is 2.35. The van der Waals surface area contributed by atoms with Crippen LogP contribution in [0.25, 0.3) is 0 Å². The zero-order chi connectivity index (χ0) is 12.3. The van der Waals surface area contributed by atoms with Crippen LogP contribution in [0.2, 0.25) is 0 Å². The van der Waals surface area contributed by atoms with Gasteiger partial charge < -0.3 is 10.1 Å². The molecule has 2 nitrogen and oxygen atoms in total. The molecule has 0 bridgehead atoms. The van der Waals surface area contributed by atoms with Gasteiger partial charge in [-0.05, 0) is 55.4 Å². The molecule has 1 fully saturated rings. The third kappa shape index (κ3) is 3.15. The van der Waals surface area contributed by atoms with E-state index < -0.39 is 0 Å². The van der Waals surface area contributed by atoms with Crippen LogP contribution in [0.1, 0.15) is 33.1 Å². The second-order valence-corrected chi connectivity index (χ2v) is 5.28. The zero-order valence-corrected chi connectivity index (χ0v) is 11.1. The summed E-state index contributed by atoms with van der Waals surface area (Å²) < 4.78 is 6.05. The molecule has 17 heavy (non-hydrogen) atoms. The Morgan fingerprint density at radius 3 is 2.35 bits per heavy atom. The largest absolute Gasteiger partial charge is 0.490 e.